The van der Waals surface area contributed by atoms with Crippen molar-refractivity contribution in [3.05, 3.63) is 76.8 Å². The average molecular weight is 411 g/mol. The second kappa shape index (κ2) is 7.10. The maximum Gasteiger partial charge on any atom is 0.263 e. The van der Waals surface area contributed by atoms with Crippen LogP contribution in [-0.2, 0) is 10.0 Å². The highest BCUT2D eigenvalue weighted by Gasteiger charge is 2.18. The van der Waals surface area contributed by atoms with E-state index in [0.717, 1.165) is 5.56 Å². The minimum atomic E-state index is -3.87. The third-order valence-corrected chi connectivity index (χ3v) is 5.78. The number of pyridine rings is 1. The quantitative estimate of drug-likeness (QED) is 0.541. The lowest BCUT2D eigenvalue weighted by molar-refractivity contribution is 0.412. The second-order valence-electron chi connectivity index (χ2n) is 6.39. The van der Waals surface area contributed by atoms with E-state index < -0.39 is 10.0 Å². The standard InChI is InChI=1S/C20H17N3O5S/c1-13-3-6-17(18(11-13)27-2)23-16-7-5-15(12-14(16)4-8-20(23)24)29(25,26)22-19-9-10-28-21-19/h3-12H,1-2H3,(H,21,22). The molecule has 9 heteroatoms. The van der Waals surface area contributed by atoms with Crippen molar-refractivity contribution in [1.82, 2.24) is 9.72 Å². The molecule has 0 aliphatic heterocycles. The fraction of sp³-hybridized carbons (Fsp3) is 0.100. The lowest BCUT2D eigenvalue weighted by Crippen LogP contribution is -2.18. The Kier molecular flexibility index (Phi) is 4.59. The Hall–Kier alpha value is -3.59. The first-order valence-electron chi connectivity index (χ1n) is 8.63. The first-order valence-corrected chi connectivity index (χ1v) is 10.1. The number of ether oxygens (including phenoxy) is 1. The molecule has 0 fully saturated rings. The molecule has 0 saturated carbocycles. The SMILES string of the molecule is COc1cc(C)ccc1-n1c(=O)ccc2cc(S(=O)(=O)Nc3ccon3)ccc21. The summed E-state index contributed by atoms with van der Waals surface area (Å²) in [6.45, 7) is 1.93. The minimum Gasteiger partial charge on any atom is -0.495 e. The van der Waals surface area contributed by atoms with Gasteiger partial charge in [-0.05, 0) is 48.9 Å². The predicted molar refractivity (Wildman–Crippen MR) is 108 cm³/mol. The van der Waals surface area contributed by atoms with Gasteiger partial charge in [-0.25, -0.2) is 8.42 Å². The normalized spacial score (nSPS) is 11.5. The monoisotopic (exact) mass is 411 g/mol. The summed E-state index contributed by atoms with van der Waals surface area (Å²) in [5.41, 5.74) is 1.87. The third-order valence-electron chi connectivity index (χ3n) is 4.43. The number of aromatic nitrogens is 2. The Bertz CT molecular complexity index is 1360. The molecule has 0 spiro atoms. The number of rotatable bonds is 5. The van der Waals surface area contributed by atoms with Crippen LogP contribution in [0.5, 0.6) is 5.75 Å². The second-order valence-corrected chi connectivity index (χ2v) is 8.08. The van der Waals surface area contributed by atoms with Crippen LogP contribution >= 0.6 is 0 Å². The highest BCUT2D eigenvalue weighted by Crippen LogP contribution is 2.27. The topological polar surface area (TPSA) is 103 Å². The number of aryl methyl sites for hydroxylation is 1. The number of hydrogen-bond donors (Lipinski definition) is 1. The van der Waals surface area contributed by atoms with E-state index in [1.165, 1.54) is 42.2 Å². The number of nitrogens with zero attached hydrogens (tertiary/aromatic N) is 2. The van der Waals surface area contributed by atoms with Gasteiger partial charge in [0.2, 0.25) is 0 Å². The van der Waals surface area contributed by atoms with Crippen LogP contribution < -0.4 is 15.0 Å². The lowest BCUT2D eigenvalue weighted by atomic mass is 10.1. The van der Waals surface area contributed by atoms with Crippen LogP contribution in [0.4, 0.5) is 5.82 Å². The van der Waals surface area contributed by atoms with Crippen molar-refractivity contribution < 1.29 is 17.7 Å². The molecule has 29 heavy (non-hydrogen) atoms. The summed E-state index contributed by atoms with van der Waals surface area (Å²) in [6.07, 6.45) is 1.27. The molecule has 0 unspecified atom stereocenters. The van der Waals surface area contributed by atoms with E-state index in [9.17, 15) is 13.2 Å². The van der Waals surface area contributed by atoms with Gasteiger partial charge in [-0.15, -0.1) is 0 Å². The van der Waals surface area contributed by atoms with Crippen molar-refractivity contribution in [3.63, 3.8) is 0 Å². The van der Waals surface area contributed by atoms with E-state index >= 15 is 0 Å². The molecule has 0 aliphatic carbocycles. The maximum absolute atomic E-state index is 12.6. The largest absolute Gasteiger partial charge is 0.495 e. The molecule has 8 nitrogen and oxygen atoms in total. The Morgan fingerprint density at radius 1 is 1.07 bits per heavy atom. The molecule has 2 aromatic carbocycles. The zero-order valence-electron chi connectivity index (χ0n) is 15.6. The lowest BCUT2D eigenvalue weighted by Gasteiger charge is -2.15. The fourth-order valence-corrected chi connectivity index (χ4v) is 4.10. The van der Waals surface area contributed by atoms with Gasteiger partial charge in [0.15, 0.2) is 5.82 Å². The zero-order valence-corrected chi connectivity index (χ0v) is 16.4. The molecule has 0 saturated heterocycles. The smallest absolute Gasteiger partial charge is 0.263 e. The van der Waals surface area contributed by atoms with E-state index in [0.29, 0.717) is 22.3 Å². The highest BCUT2D eigenvalue weighted by atomic mass is 32.2. The molecular weight excluding hydrogens is 394 g/mol. The summed E-state index contributed by atoms with van der Waals surface area (Å²) >= 11 is 0. The number of fused-ring (bicyclic) bond motifs is 1. The van der Waals surface area contributed by atoms with Crippen molar-refractivity contribution in [2.24, 2.45) is 0 Å². The van der Waals surface area contributed by atoms with Gasteiger partial charge < -0.3 is 9.26 Å². The van der Waals surface area contributed by atoms with Gasteiger partial charge in [-0.1, -0.05) is 11.2 Å². The van der Waals surface area contributed by atoms with Gasteiger partial charge >= 0.3 is 0 Å². The highest BCUT2D eigenvalue weighted by molar-refractivity contribution is 7.92. The van der Waals surface area contributed by atoms with Crippen LogP contribution in [0.2, 0.25) is 0 Å². The van der Waals surface area contributed by atoms with Crippen LogP contribution in [0.3, 0.4) is 0 Å². The number of methoxy groups -OCH3 is 1. The summed E-state index contributed by atoms with van der Waals surface area (Å²) in [4.78, 5) is 12.7. The van der Waals surface area contributed by atoms with Crippen LogP contribution in [0.15, 0.2) is 75.1 Å². The Labute approximate surface area is 166 Å². The Morgan fingerprint density at radius 3 is 2.62 bits per heavy atom. The molecule has 2 heterocycles. The Morgan fingerprint density at radius 2 is 1.90 bits per heavy atom. The van der Waals surface area contributed by atoms with E-state index in [1.807, 2.05) is 19.1 Å². The van der Waals surface area contributed by atoms with E-state index in [-0.39, 0.29) is 16.3 Å². The number of hydrogen-bond acceptors (Lipinski definition) is 6. The van der Waals surface area contributed by atoms with Crippen molar-refractivity contribution in [2.75, 3.05) is 11.8 Å². The molecule has 148 valence electrons. The number of nitrogens with one attached hydrogen (secondary N) is 1. The van der Waals surface area contributed by atoms with Gasteiger partial charge in [-0.3, -0.25) is 14.1 Å². The van der Waals surface area contributed by atoms with E-state index in [1.54, 1.807) is 18.2 Å². The summed E-state index contributed by atoms with van der Waals surface area (Å²) < 4.78 is 39.2. The summed E-state index contributed by atoms with van der Waals surface area (Å²) in [6, 6.07) is 14.4. The van der Waals surface area contributed by atoms with Crippen molar-refractivity contribution in [1.29, 1.82) is 0 Å². The third kappa shape index (κ3) is 3.47. The van der Waals surface area contributed by atoms with Gasteiger partial charge in [0.05, 0.1) is 23.2 Å². The van der Waals surface area contributed by atoms with Crippen LogP contribution in [0, 0.1) is 6.92 Å². The van der Waals surface area contributed by atoms with Gasteiger partial charge in [0.25, 0.3) is 15.6 Å². The van der Waals surface area contributed by atoms with E-state index in [4.69, 9.17) is 4.74 Å². The van der Waals surface area contributed by atoms with Gasteiger partial charge in [-0.2, -0.15) is 0 Å². The zero-order chi connectivity index (χ0) is 20.6. The van der Waals surface area contributed by atoms with Crippen molar-refractivity contribution >= 4 is 26.7 Å². The minimum absolute atomic E-state index is 0.0362. The van der Waals surface area contributed by atoms with Crippen LogP contribution in [0.25, 0.3) is 16.6 Å². The Balaban J connectivity index is 1.87. The van der Waals surface area contributed by atoms with Crippen molar-refractivity contribution in [2.45, 2.75) is 11.8 Å². The average Bonchev–Trinajstić information content (AvgIpc) is 3.20. The molecule has 0 radical (unpaired) electrons. The molecule has 0 amide bonds. The van der Waals surface area contributed by atoms with Gasteiger partial charge in [0, 0.05) is 17.5 Å². The van der Waals surface area contributed by atoms with E-state index in [2.05, 4.69) is 14.4 Å². The van der Waals surface area contributed by atoms with Gasteiger partial charge in [0.1, 0.15) is 12.0 Å². The summed E-state index contributed by atoms with van der Waals surface area (Å²) in [7, 11) is -2.33. The molecular formula is C20H17N3O5S. The number of anilines is 1. The van der Waals surface area contributed by atoms with Crippen LogP contribution in [0.1, 0.15) is 5.56 Å². The van der Waals surface area contributed by atoms with Crippen LogP contribution in [-0.4, -0.2) is 25.3 Å². The molecule has 2 aromatic heterocycles. The fourth-order valence-electron chi connectivity index (χ4n) is 3.07. The number of benzene rings is 2. The number of sulfonamides is 1. The molecule has 0 bridgehead atoms. The summed E-state index contributed by atoms with van der Waals surface area (Å²) in [5.74, 6) is 0.628. The van der Waals surface area contributed by atoms with Crippen molar-refractivity contribution in [3.8, 4) is 11.4 Å². The molecule has 0 aliphatic rings. The molecule has 4 aromatic rings. The first kappa shape index (κ1) is 18.8. The first-order chi connectivity index (χ1) is 13.9. The predicted octanol–water partition coefficient (Wildman–Crippen LogP) is 3.10. The molecule has 0 atom stereocenters. The maximum atomic E-state index is 12.6. The molecule has 1 N–H and O–H groups in total. The molecule has 4 rings (SSSR count). The summed E-state index contributed by atoms with van der Waals surface area (Å²) in [5, 5.41) is 4.14.